The Morgan fingerprint density at radius 3 is 2.76 bits per heavy atom. The van der Waals surface area contributed by atoms with Crippen LogP contribution in [0, 0.1) is 5.92 Å². The summed E-state index contributed by atoms with van der Waals surface area (Å²) < 4.78 is 5.99. The molecule has 0 aromatic rings. The van der Waals surface area contributed by atoms with E-state index >= 15 is 0 Å². The Balaban J connectivity index is 1.60. The Morgan fingerprint density at radius 2 is 2.12 bits per heavy atom. The molecule has 17 heavy (non-hydrogen) atoms. The van der Waals surface area contributed by atoms with E-state index in [-0.39, 0.29) is 5.60 Å². The second kappa shape index (κ2) is 5.68. The van der Waals surface area contributed by atoms with Crippen LogP contribution in [0.25, 0.3) is 0 Å². The standard InChI is InChI=1S/C14H28N2O/c1-14(2)7-6-13(17-14)10-15-9-12-5-4-8-16(3)11-12/h12-13,15H,4-11H2,1-3H3. The summed E-state index contributed by atoms with van der Waals surface area (Å²) in [7, 11) is 2.23. The molecule has 2 rings (SSSR count). The molecule has 0 aliphatic carbocycles. The molecule has 0 saturated carbocycles. The topological polar surface area (TPSA) is 24.5 Å². The van der Waals surface area contributed by atoms with Crippen molar-refractivity contribution in [1.82, 2.24) is 10.2 Å². The Hall–Kier alpha value is -0.120. The van der Waals surface area contributed by atoms with Gasteiger partial charge in [0.2, 0.25) is 0 Å². The molecule has 0 aromatic heterocycles. The van der Waals surface area contributed by atoms with Crippen molar-refractivity contribution in [2.45, 2.75) is 51.2 Å². The van der Waals surface area contributed by atoms with Gasteiger partial charge in [0.05, 0.1) is 11.7 Å². The van der Waals surface area contributed by atoms with Crippen molar-refractivity contribution < 1.29 is 4.74 Å². The predicted molar refractivity (Wildman–Crippen MR) is 71.3 cm³/mol. The van der Waals surface area contributed by atoms with Gasteiger partial charge in [-0.25, -0.2) is 0 Å². The highest BCUT2D eigenvalue weighted by Crippen LogP contribution is 2.28. The third kappa shape index (κ3) is 4.23. The number of hydrogen-bond acceptors (Lipinski definition) is 3. The molecule has 2 heterocycles. The smallest absolute Gasteiger partial charge is 0.0707 e. The number of hydrogen-bond donors (Lipinski definition) is 1. The zero-order chi connectivity index (χ0) is 12.3. The van der Waals surface area contributed by atoms with Crippen LogP contribution in [0.5, 0.6) is 0 Å². The number of ether oxygens (including phenoxy) is 1. The van der Waals surface area contributed by atoms with Gasteiger partial charge in [-0.3, -0.25) is 0 Å². The van der Waals surface area contributed by atoms with Crippen molar-refractivity contribution in [3.05, 3.63) is 0 Å². The summed E-state index contributed by atoms with van der Waals surface area (Å²) in [6.45, 7) is 9.11. The lowest BCUT2D eigenvalue weighted by atomic mass is 9.98. The zero-order valence-corrected chi connectivity index (χ0v) is 11.7. The maximum atomic E-state index is 5.99. The van der Waals surface area contributed by atoms with Gasteiger partial charge < -0.3 is 15.0 Å². The molecular formula is C14H28N2O. The van der Waals surface area contributed by atoms with Crippen LogP contribution >= 0.6 is 0 Å². The minimum absolute atomic E-state index is 0.109. The predicted octanol–water partition coefficient (Wildman–Crippen LogP) is 1.88. The van der Waals surface area contributed by atoms with E-state index in [0.29, 0.717) is 6.10 Å². The van der Waals surface area contributed by atoms with Crippen molar-refractivity contribution >= 4 is 0 Å². The molecular weight excluding hydrogens is 212 g/mol. The maximum absolute atomic E-state index is 5.99. The summed E-state index contributed by atoms with van der Waals surface area (Å²) in [4.78, 5) is 2.45. The lowest BCUT2D eigenvalue weighted by Crippen LogP contribution is -2.39. The largest absolute Gasteiger partial charge is 0.371 e. The first-order valence-electron chi connectivity index (χ1n) is 7.12. The highest BCUT2D eigenvalue weighted by Gasteiger charge is 2.31. The Kier molecular flexibility index (Phi) is 4.45. The van der Waals surface area contributed by atoms with Gasteiger partial charge in [-0.15, -0.1) is 0 Å². The number of piperidine rings is 1. The van der Waals surface area contributed by atoms with Crippen LogP contribution in [0.4, 0.5) is 0 Å². The number of nitrogens with zero attached hydrogens (tertiary/aromatic N) is 1. The van der Waals surface area contributed by atoms with Crippen molar-refractivity contribution in [3.8, 4) is 0 Å². The van der Waals surface area contributed by atoms with Crippen molar-refractivity contribution in [3.63, 3.8) is 0 Å². The maximum Gasteiger partial charge on any atom is 0.0707 e. The fourth-order valence-corrected chi connectivity index (χ4v) is 3.11. The van der Waals surface area contributed by atoms with Crippen molar-refractivity contribution in [2.24, 2.45) is 5.92 Å². The summed E-state index contributed by atoms with van der Waals surface area (Å²) in [5, 5.41) is 3.60. The average molecular weight is 240 g/mol. The van der Waals surface area contributed by atoms with Crippen LogP contribution in [-0.4, -0.2) is 49.8 Å². The van der Waals surface area contributed by atoms with Crippen LogP contribution in [0.3, 0.4) is 0 Å². The Bertz CT molecular complexity index is 240. The van der Waals surface area contributed by atoms with Gasteiger partial charge in [0.25, 0.3) is 0 Å². The van der Waals surface area contributed by atoms with E-state index in [1.54, 1.807) is 0 Å². The van der Waals surface area contributed by atoms with Crippen LogP contribution in [0.1, 0.15) is 39.5 Å². The van der Waals surface area contributed by atoms with Gasteiger partial charge in [0.15, 0.2) is 0 Å². The first-order chi connectivity index (χ1) is 8.05. The van der Waals surface area contributed by atoms with Crippen LogP contribution in [0.2, 0.25) is 0 Å². The lowest BCUT2D eigenvalue weighted by Gasteiger charge is -2.30. The SMILES string of the molecule is CN1CCCC(CNCC2CCC(C)(C)O2)C1. The molecule has 0 bridgehead atoms. The van der Waals surface area contributed by atoms with E-state index in [4.69, 9.17) is 4.74 Å². The minimum atomic E-state index is 0.109. The van der Waals surface area contributed by atoms with Crippen LogP contribution in [-0.2, 0) is 4.74 Å². The molecule has 2 fully saturated rings. The monoisotopic (exact) mass is 240 g/mol. The van der Waals surface area contributed by atoms with Gasteiger partial charge in [-0.05, 0) is 65.6 Å². The molecule has 3 nitrogen and oxygen atoms in total. The fourth-order valence-electron chi connectivity index (χ4n) is 3.11. The highest BCUT2D eigenvalue weighted by molar-refractivity contribution is 4.82. The molecule has 2 saturated heterocycles. The zero-order valence-electron chi connectivity index (χ0n) is 11.7. The second-order valence-electron chi connectivity index (χ2n) is 6.47. The van der Waals surface area contributed by atoms with Gasteiger partial charge in [0.1, 0.15) is 0 Å². The van der Waals surface area contributed by atoms with Gasteiger partial charge in [-0.2, -0.15) is 0 Å². The number of likely N-dealkylation sites (tertiary alicyclic amines) is 1. The van der Waals surface area contributed by atoms with Gasteiger partial charge in [-0.1, -0.05) is 0 Å². The normalized spacial score (nSPS) is 34.1. The van der Waals surface area contributed by atoms with Gasteiger partial charge in [0, 0.05) is 13.1 Å². The second-order valence-corrected chi connectivity index (χ2v) is 6.47. The van der Waals surface area contributed by atoms with Crippen molar-refractivity contribution in [2.75, 3.05) is 33.2 Å². The molecule has 2 aliphatic heterocycles. The lowest BCUT2D eigenvalue weighted by molar-refractivity contribution is -0.0146. The van der Waals surface area contributed by atoms with E-state index in [1.807, 2.05) is 0 Å². The number of nitrogens with one attached hydrogen (secondary N) is 1. The molecule has 0 aromatic carbocycles. The van der Waals surface area contributed by atoms with Gasteiger partial charge >= 0.3 is 0 Å². The van der Waals surface area contributed by atoms with Crippen LogP contribution < -0.4 is 5.32 Å². The van der Waals surface area contributed by atoms with E-state index in [1.165, 1.54) is 38.8 Å². The quantitative estimate of drug-likeness (QED) is 0.812. The third-order valence-corrected chi connectivity index (χ3v) is 4.08. The van der Waals surface area contributed by atoms with E-state index in [0.717, 1.165) is 19.0 Å². The van der Waals surface area contributed by atoms with Crippen LogP contribution in [0.15, 0.2) is 0 Å². The summed E-state index contributed by atoms with van der Waals surface area (Å²) in [5.41, 5.74) is 0.109. The number of rotatable bonds is 4. The molecule has 0 spiro atoms. The van der Waals surface area contributed by atoms with Crippen molar-refractivity contribution in [1.29, 1.82) is 0 Å². The summed E-state index contributed by atoms with van der Waals surface area (Å²) in [5.74, 6) is 0.836. The van der Waals surface area contributed by atoms with E-state index in [2.05, 4.69) is 31.1 Å². The highest BCUT2D eigenvalue weighted by atomic mass is 16.5. The Morgan fingerprint density at radius 1 is 1.29 bits per heavy atom. The molecule has 2 unspecified atom stereocenters. The molecule has 0 radical (unpaired) electrons. The average Bonchev–Trinajstić information content (AvgIpc) is 2.58. The molecule has 3 heteroatoms. The Labute approximate surface area is 106 Å². The fraction of sp³-hybridized carbons (Fsp3) is 1.00. The molecule has 0 amide bonds. The summed E-state index contributed by atoms with van der Waals surface area (Å²) in [6.07, 6.45) is 5.59. The molecule has 2 atom stereocenters. The molecule has 1 N–H and O–H groups in total. The van der Waals surface area contributed by atoms with E-state index < -0.39 is 0 Å². The third-order valence-electron chi connectivity index (χ3n) is 4.08. The van der Waals surface area contributed by atoms with E-state index in [9.17, 15) is 0 Å². The minimum Gasteiger partial charge on any atom is -0.371 e. The molecule has 2 aliphatic rings. The first-order valence-corrected chi connectivity index (χ1v) is 7.12. The summed E-state index contributed by atoms with van der Waals surface area (Å²) >= 11 is 0. The first kappa shape index (κ1) is 13.3. The molecule has 100 valence electrons. The summed E-state index contributed by atoms with van der Waals surface area (Å²) in [6, 6.07) is 0.